The zero-order valence-electron chi connectivity index (χ0n) is 19.2. The normalized spacial score (nSPS) is 13.4. The van der Waals surface area contributed by atoms with E-state index in [1.54, 1.807) is 35.1 Å². The number of rotatable bonds is 8. The summed E-state index contributed by atoms with van der Waals surface area (Å²) in [5.74, 6) is -0.179. The number of thiazole rings is 1. The van der Waals surface area contributed by atoms with Gasteiger partial charge in [-0.25, -0.2) is 19.3 Å². The summed E-state index contributed by atoms with van der Waals surface area (Å²) >= 11 is 3.03. The van der Waals surface area contributed by atoms with Crippen molar-refractivity contribution in [3.63, 3.8) is 0 Å². The Morgan fingerprint density at radius 1 is 1.18 bits per heavy atom. The van der Waals surface area contributed by atoms with Crippen molar-refractivity contribution in [3.05, 3.63) is 35.9 Å². The highest BCUT2D eigenvalue weighted by molar-refractivity contribution is 7.98. The van der Waals surface area contributed by atoms with Crippen LogP contribution in [0.1, 0.15) is 30.6 Å². The van der Waals surface area contributed by atoms with Gasteiger partial charge in [0.05, 0.1) is 15.8 Å². The predicted molar refractivity (Wildman–Crippen MR) is 135 cm³/mol. The minimum absolute atomic E-state index is 0.112. The highest BCUT2D eigenvalue weighted by atomic mass is 32.2. The van der Waals surface area contributed by atoms with Gasteiger partial charge in [-0.05, 0) is 18.7 Å². The van der Waals surface area contributed by atoms with Crippen molar-refractivity contribution in [2.45, 2.75) is 25.2 Å². The van der Waals surface area contributed by atoms with Gasteiger partial charge in [0, 0.05) is 62.6 Å². The van der Waals surface area contributed by atoms with Gasteiger partial charge in [-0.3, -0.25) is 4.79 Å². The molecule has 3 heterocycles. The number of halogens is 1. The minimum Gasteiger partial charge on any atom is -0.361 e. The zero-order chi connectivity index (χ0) is 23.6. The van der Waals surface area contributed by atoms with Crippen LogP contribution in [0.2, 0.25) is 0 Å². The van der Waals surface area contributed by atoms with E-state index in [9.17, 15) is 9.18 Å². The van der Waals surface area contributed by atoms with Crippen LogP contribution in [-0.4, -0.2) is 71.3 Å². The number of hydrogen-bond donors (Lipinski definition) is 3. The lowest BCUT2D eigenvalue weighted by atomic mass is 10.1. The molecule has 0 bridgehead atoms. The van der Waals surface area contributed by atoms with E-state index in [0.29, 0.717) is 42.8 Å². The third-order valence-electron chi connectivity index (χ3n) is 4.89. The first-order valence-corrected chi connectivity index (χ1v) is 13.1. The maximum atomic E-state index is 14.6. The highest BCUT2D eigenvalue weighted by Crippen LogP contribution is 2.29. The molecule has 2 aromatic heterocycles. The van der Waals surface area contributed by atoms with Gasteiger partial charge in [0.2, 0.25) is 5.95 Å². The first-order valence-electron chi connectivity index (χ1n) is 11.1. The summed E-state index contributed by atoms with van der Waals surface area (Å²) in [5.41, 5.74) is 0.670. The van der Waals surface area contributed by atoms with E-state index in [1.165, 1.54) is 17.4 Å². The molecule has 1 aliphatic rings. The lowest BCUT2D eigenvalue weighted by molar-refractivity contribution is 0.0731. The van der Waals surface area contributed by atoms with Crippen molar-refractivity contribution in [3.8, 4) is 0 Å². The molecule has 178 valence electrons. The smallest absolute Gasteiger partial charge is 0.256 e. The van der Waals surface area contributed by atoms with E-state index in [4.69, 9.17) is 0 Å². The van der Waals surface area contributed by atoms with Crippen LogP contribution >= 0.6 is 23.1 Å². The SMILES string of the molecule is CC.CSc1cnc(NCCCNc2nc3cc(F)c(C(=O)N4CCNCC4)cc3s2)nc1. The Kier molecular flexibility index (Phi) is 9.64. The molecule has 3 aromatic rings. The Morgan fingerprint density at radius 2 is 1.88 bits per heavy atom. The van der Waals surface area contributed by atoms with Crippen LogP contribution in [0.4, 0.5) is 15.5 Å². The molecule has 1 saturated heterocycles. The predicted octanol–water partition coefficient (Wildman–Crippen LogP) is 3.93. The van der Waals surface area contributed by atoms with Crippen molar-refractivity contribution in [2.24, 2.45) is 0 Å². The number of anilines is 2. The second kappa shape index (κ2) is 12.7. The van der Waals surface area contributed by atoms with Crippen LogP contribution in [0.25, 0.3) is 10.2 Å². The Bertz CT molecular complexity index is 1040. The van der Waals surface area contributed by atoms with Crippen LogP contribution in [-0.2, 0) is 0 Å². The van der Waals surface area contributed by atoms with Crippen molar-refractivity contribution >= 4 is 50.3 Å². The van der Waals surface area contributed by atoms with Gasteiger partial charge in [0.15, 0.2) is 5.13 Å². The second-order valence-corrected chi connectivity index (χ2v) is 8.92. The Hall–Kier alpha value is -2.50. The number of piperazine rings is 1. The molecule has 1 aromatic carbocycles. The number of nitrogens with zero attached hydrogens (tertiary/aromatic N) is 4. The number of fused-ring (bicyclic) bond motifs is 1. The van der Waals surface area contributed by atoms with Crippen molar-refractivity contribution in [2.75, 3.05) is 56.2 Å². The van der Waals surface area contributed by atoms with Gasteiger partial charge in [-0.1, -0.05) is 25.2 Å². The van der Waals surface area contributed by atoms with Gasteiger partial charge in [-0.15, -0.1) is 11.8 Å². The molecular weight excluding hydrogens is 461 g/mol. The standard InChI is InChI=1S/C20H24FN7OS2.C2H6/c1-30-13-11-25-19(26-12-13)23-3-2-4-24-20-27-16-10-15(21)14(9-17(16)31-20)18(29)28-7-5-22-6-8-28;1-2/h9-12,22H,2-8H2,1H3,(H,24,27)(H,23,25,26);1-2H3. The number of carbonyl (C=O) groups is 1. The van der Waals surface area contributed by atoms with Crippen molar-refractivity contribution in [1.29, 1.82) is 0 Å². The molecule has 0 radical (unpaired) electrons. The molecule has 8 nitrogen and oxygen atoms in total. The maximum absolute atomic E-state index is 14.6. The summed E-state index contributed by atoms with van der Waals surface area (Å²) in [6.07, 6.45) is 6.41. The number of amides is 1. The number of nitrogens with one attached hydrogen (secondary N) is 3. The zero-order valence-corrected chi connectivity index (χ0v) is 20.8. The second-order valence-electron chi connectivity index (χ2n) is 7.01. The van der Waals surface area contributed by atoms with Gasteiger partial charge in [0.25, 0.3) is 5.91 Å². The third-order valence-corrected chi connectivity index (χ3v) is 6.55. The molecule has 4 rings (SSSR count). The molecule has 33 heavy (non-hydrogen) atoms. The first kappa shape index (κ1) is 25.1. The monoisotopic (exact) mass is 491 g/mol. The molecule has 0 unspecified atom stereocenters. The number of carbonyl (C=O) groups excluding carboxylic acids is 1. The van der Waals surface area contributed by atoms with Gasteiger partial charge in [0.1, 0.15) is 5.82 Å². The van der Waals surface area contributed by atoms with Gasteiger partial charge < -0.3 is 20.9 Å². The average molecular weight is 492 g/mol. The molecule has 0 spiro atoms. The molecule has 0 saturated carbocycles. The first-order chi connectivity index (χ1) is 16.1. The van der Waals surface area contributed by atoms with Gasteiger partial charge >= 0.3 is 0 Å². The van der Waals surface area contributed by atoms with E-state index in [0.717, 1.165) is 29.1 Å². The number of benzene rings is 1. The lowest BCUT2D eigenvalue weighted by Crippen LogP contribution is -2.46. The van der Waals surface area contributed by atoms with E-state index in [2.05, 4.69) is 30.9 Å². The molecule has 1 amide bonds. The topological polar surface area (TPSA) is 95.1 Å². The number of aromatic nitrogens is 3. The molecule has 1 fully saturated rings. The van der Waals surface area contributed by atoms with Crippen LogP contribution < -0.4 is 16.0 Å². The Morgan fingerprint density at radius 3 is 2.58 bits per heavy atom. The number of thioether (sulfide) groups is 1. The third kappa shape index (κ3) is 6.75. The van der Waals surface area contributed by atoms with Crippen molar-refractivity contribution < 1.29 is 9.18 Å². The van der Waals surface area contributed by atoms with Crippen LogP contribution in [0.5, 0.6) is 0 Å². The van der Waals surface area contributed by atoms with E-state index >= 15 is 0 Å². The maximum Gasteiger partial charge on any atom is 0.256 e. The Balaban J connectivity index is 0.00000149. The van der Waals surface area contributed by atoms with E-state index < -0.39 is 5.82 Å². The largest absolute Gasteiger partial charge is 0.361 e. The fourth-order valence-electron chi connectivity index (χ4n) is 3.22. The summed E-state index contributed by atoms with van der Waals surface area (Å²) < 4.78 is 15.3. The summed E-state index contributed by atoms with van der Waals surface area (Å²) in [7, 11) is 0. The molecule has 3 N–H and O–H groups in total. The molecular formula is C22H30FN7OS2. The highest BCUT2D eigenvalue weighted by Gasteiger charge is 2.22. The molecule has 0 atom stereocenters. The van der Waals surface area contributed by atoms with Crippen molar-refractivity contribution in [1.82, 2.24) is 25.2 Å². The Labute approximate surface area is 201 Å². The molecule has 1 aliphatic heterocycles. The minimum atomic E-state index is -0.524. The van der Waals surface area contributed by atoms with Gasteiger partial charge in [-0.2, -0.15) is 0 Å². The van der Waals surface area contributed by atoms with Crippen LogP contribution in [0, 0.1) is 5.82 Å². The van der Waals surface area contributed by atoms with Crippen LogP contribution in [0.15, 0.2) is 29.4 Å². The number of hydrogen-bond acceptors (Lipinski definition) is 9. The summed E-state index contributed by atoms with van der Waals surface area (Å²) in [5, 5.41) is 10.4. The quantitative estimate of drug-likeness (QED) is 0.322. The average Bonchev–Trinajstić information content (AvgIpc) is 3.26. The fraction of sp³-hybridized carbons (Fsp3) is 0.455. The van der Waals surface area contributed by atoms with E-state index in [1.807, 2.05) is 20.1 Å². The van der Waals surface area contributed by atoms with Crippen LogP contribution in [0.3, 0.4) is 0 Å². The summed E-state index contributed by atoms with van der Waals surface area (Å²) in [6, 6.07) is 2.97. The molecule has 11 heteroatoms. The lowest BCUT2D eigenvalue weighted by Gasteiger charge is -2.27. The summed E-state index contributed by atoms with van der Waals surface area (Å²) in [4.78, 5) is 28.3. The fourth-order valence-corrected chi connectivity index (χ4v) is 4.45. The summed E-state index contributed by atoms with van der Waals surface area (Å²) in [6.45, 7) is 8.06. The molecule has 0 aliphatic carbocycles. The van der Waals surface area contributed by atoms with E-state index in [-0.39, 0.29) is 11.5 Å².